The van der Waals surface area contributed by atoms with E-state index in [1.54, 1.807) is 26.2 Å². The summed E-state index contributed by atoms with van der Waals surface area (Å²) in [5.74, 6) is 0.0339. The van der Waals surface area contributed by atoms with Gasteiger partial charge in [0.25, 0.3) is 5.91 Å². The smallest absolute Gasteiger partial charge is 0.271 e. The van der Waals surface area contributed by atoms with E-state index in [4.69, 9.17) is 10.7 Å². The summed E-state index contributed by atoms with van der Waals surface area (Å²) in [4.78, 5) is 17.9. The molecule has 0 saturated carbocycles. The zero-order valence-corrected chi connectivity index (χ0v) is 12.3. The lowest BCUT2D eigenvalue weighted by atomic mass is 10.3. The van der Waals surface area contributed by atoms with Crippen molar-refractivity contribution in [2.45, 2.75) is 4.90 Å². The van der Waals surface area contributed by atoms with Gasteiger partial charge in [-0.25, -0.2) is 8.42 Å². The van der Waals surface area contributed by atoms with E-state index in [-0.39, 0.29) is 11.7 Å². The predicted octanol–water partition coefficient (Wildman–Crippen LogP) is 1.44. The number of carbonyl (C=O) groups is 1. The fraction of sp³-hybridized carbons (Fsp3) is 0.400. The molecule has 1 amide bonds. The quantitative estimate of drug-likeness (QED) is 0.608. The lowest BCUT2D eigenvalue weighted by Crippen LogP contribution is -2.22. The third kappa shape index (κ3) is 5.24. The number of aromatic nitrogens is 1. The molecule has 0 saturated heterocycles. The van der Waals surface area contributed by atoms with E-state index in [1.807, 2.05) is 0 Å². The summed E-state index contributed by atoms with van der Waals surface area (Å²) < 4.78 is 21.5. The number of hydrogen-bond acceptors (Lipinski definition) is 5. The van der Waals surface area contributed by atoms with Crippen molar-refractivity contribution in [1.29, 1.82) is 0 Å². The molecule has 0 unspecified atom stereocenters. The summed E-state index contributed by atoms with van der Waals surface area (Å²) in [7, 11) is 4.92. The molecule has 8 heteroatoms. The number of nitrogens with zero attached hydrogens (tertiary/aromatic N) is 2. The van der Waals surface area contributed by atoms with Crippen LogP contribution in [0.25, 0.3) is 0 Å². The molecule has 0 spiro atoms. The SMILES string of the molecule is CN(C)C(=O)c1cc(SCCS(=O)(=O)Cl)ccn1. The first-order valence-corrected chi connectivity index (χ1v) is 8.49. The van der Waals surface area contributed by atoms with E-state index in [1.165, 1.54) is 22.9 Å². The third-order valence-electron chi connectivity index (χ3n) is 1.95. The second-order valence-corrected chi connectivity index (χ2v) is 7.73. The van der Waals surface area contributed by atoms with E-state index in [0.29, 0.717) is 11.4 Å². The van der Waals surface area contributed by atoms with E-state index < -0.39 is 9.05 Å². The molecule has 100 valence electrons. The number of amides is 1. The number of rotatable bonds is 5. The maximum Gasteiger partial charge on any atom is 0.271 e. The highest BCUT2D eigenvalue weighted by atomic mass is 35.7. The Kier molecular flexibility index (Phi) is 5.43. The molecule has 0 N–H and O–H groups in total. The highest BCUT2D eigenvalue weighted by Gasteiger charge is 2.11. The van der Waals surface area contributed by atoms with Gasteiger partial charge in [-0.3, -0.25) is 9.78 Å². The Morgan fingerprint density at radius 1 is 1.50 bits per heavy atom. The minimum absolute atomic E-state index is 0.113. The van der Waals surface area contributed by atoms with Gasteiger partial charge in [0.1, 0.15) is 5.69 Å². The lowest BCUT2D eigenvalue weighted by molar-refractivity contribution is 0.0821. The van der Waals surface area contributed by atoms with Crippen molar-refractivity contribution >= 4 is 37.4 Å². The number of hydrogen-bond donors (Lipinski definition) is 0. The van der Waals surface area contributed by atoms with Crippen LogP contribution in [0.5, 0.6) is 0 Å². The molecule has 0 aliphatic carbocycles. The van der Waals surface area contributed by atoms with Crippen LogP contribution in [0.3, 0.4) is 0 Å². The van der Waals surface area contributed by atoms with Crippen molar-refractivity contribution < 1.29 is 13.2 Å². The van der Waals surface area contributed by atoms with Crippen molar-refractivity contribution in [2.24, 2.45) is 0 Å². The first-order chi connectivity index (χ1) is 8.29. The van der Waals surface area contributed by atoms with Crippen molar-refractivity contribution in [3.05, 3.63) is 24.0 Å². The van der Waals surface area contributed by atoms with E-state index in [9.17, 15) is 13.2 Å². The van der Waals surface area contributed by atoms with Crippen LogP contribution in [0, 0.1) is 0 Å². The maximum absolute atomic E-state index is 11.7. The molecule has 1 heterocycles. The Hall–Kier alpha value is -0.790. The summed E-state index contributed by atoms with van der Waals surface area (Å²) >= 11 is 1.32. The first kappa shape index (κ1) is 15.3. The third-order valence-corrected chi connectivity index (χ3v) is 4.36. The average Bonchev–Trinajstić information content (AvgIpc) is 2.26. The standard InChI is InChI=1S/C10H13ClN2O3S2/c1-13(2)10(14)9-7-8(3-4-12-9)17-5-6-18(11,15)16/h3-4,7H,5-6H2,1-2H3. The zero-order chi connectivity index (χ0) is 13.8. The molecule has 0 radical (unpaired) electrons. The van der Waals surface area contributed by atoms with Crippen LogP contribution in [0.2, 0.25) is 0 Å². The number of carbonyl (C=O) groups excluding carboxylic acids is 1. The zero-order valence-electron chi connectivity index (χ0n) is 9.96. The molecule has 1 rings (SSSR count). The van der Waals surface area contributed by atoms with E-state index >= 15 is 0 Å². The van der Waals surface area contributed by atoms with Crippen molar-refractivity contribution in [2.75, 3.05) is 25.6 Å². The fourth-order valence-electron chi connectivity index (χ4n) is 1.11. The van der Waals surface area contributed by atoms with Crippen LogP contribution < -0.4 is 0 Å². The minimum Gasteiger partial charge on any atom is -0.343 e. The van der Waals surface area contributed by atoms with Gasteiger partial charge in [-0.05, 0) is 12.1 Å². The topological polar surface area (TPSA) is 67.3 Å². The van der Waals surface area contributed by atoms with Gasteiger partial charge < -0.3 is 4.90 Å². The number of pyridine rings is 1. The number of halogens is 1. The van der Waals surface area contributed by atoms with E-state index in [2.05, 4.69) is 4.98 Å². The number of thioether (sulfide) groups is 1. The monoisotopic (exact) mass is 308 g/mol. The molecular formula is C10H13ClN2O3S2. The fourth-order valence-corrected chi connectivity index (χ4v) is 3.39. The van der Waals surface area contributed by atoms with Gasteiger partial charge in [-0.1, -0.05) is 0 Å². The van der Waals surface area contributed by atoms with Crippen LogP contribution in [0.15, 0.2) is 23.2 Å². The summed E-state index contributed by atoms with van der Waals surface area (Å²) in [5.41, 5.74) is 0.332. The van der Waals surface area contributed by atoms with Gasteiger partial charge in [-0.2, -0.15) is 0 Å². The van der Waals surface area contributed by atoms with Crippen LogP contribution >= 0.6 is 22.4 Å². The summed E-state index contributed by atoms with van der Waals surface area (Å²) in [6.45, 7) is 0. The molecule has 0 aromatic carbocycles. The Morgan fingerprint density at radius 2 is 2.17 bits per heavy atom. The van der Waals surface area contributed by atoms with Crippen LogP contribution in [-0.2, 0) is 9.05 Å². The van der Waals surface area contributed by atoms with Crippen molar-refractivity contribution in [3.63, 3.8) is 0 Å². The summed E-state index contributed by atoms with van der Waals surface area (Å²) in [6.07, 6.45) is 1.52. The molecule has 0 bridgehead atoms. The average molecular weight is 309 g/mol. The van der Waals surface area contributed by atoms with Crippen molar-refractivity contribution in [1.82, 2.24) is 9.88 Å². The second kappa shape index (κ2) is 6.40. The largest absolute Gasteiger partial charge is 0.343 e. The Morgan fingerprint density at radius 3 is 2.72 bits per heavy atom. The molecular weight excluding hydrogens is 296 g/mol. The van der Waals surface area contributed by atoms with Crippen molar-refractivity contribution in [3.8, 4) is 0 Å². The van der Waals surface area contributed by atoms with Crippen LogP contribution in [0.4, 0.5) is 0 Å². The Labute approximate surface area is 115 Å². The lowest BCUT2D eigenvalue weighted by Gasteiger charge is -2.09. The highest BCUT2D eigenvalue weighted by Crippen LogP contribution is 2.19. The molecule has 1 aromatic rings. The Balaban J connectivity index is 2.68. The van der Waals surface area contributed by atoms with Gasteiger partial charge in [0, 0.05) is 41.6 Å². The Bertz CT molecular complexity index is 532. The van der Waals surface area contributed by atoms with Gasteiger partial charge in [0.05, 0.1) is 5.75 Å². The molecule has 5 nitrogen and oxygen atoms in total. The van der Waals surface area contributed by atoms with Crippen LogP contribution in [-0.4, -0.2) is 49.8 Å². The molecule has 0 fully saturated rings. The summed E-state index contributed by atoms with van der Waals surface area (Å²) in [6, 6.07) is 3.35. The van der Waals surface area contributed by atoms with Crippen LogP contribution in [0.1, 0.15) is 10.5 Å². The molecule has 0 atom stereocenters. The van der Waals surface area contributed by atoms with Gasteiger partial charge in [0.2, 0.25) is 9.05 Å². The molecule has 0 aliphatic rings. The van der Waals surface area contributed by atoms with E-state index in [0.717, 1.165) is 4.90 Å². The normalized spacial score (nSPS) is 11.3. The summed E-state index contributed by atoms with van der Waals surface area (Å²) in [5, 5.41) is 0. The van der Waals surface area contributed by atoms with Gasteiger partial charge in [-0.15, -0.1) is 11.8 Å². The molecule has 1 aromatic heterocycles. The van der Waals surface area contributed by atoms with Gasteiger partial charge >= 0.3 is 0 Å². The maximum atomic E-state index is 11.7. The molecule has 0 aliphatic heterocycles. The second-order valence-electron chi connectivity index (χ2n) is 3.67. The highest BCUT2D eigenvalue weighted by molar-refractivity contribution is 8.14. The van der Waals surface area contributed by atoms with Gasteiger partial charge in [0.15, 0.2) is 0 Å². The molecule has 18 heavy (non-hydrogen) atoms. The predicted molar refractivity (Wildman–Crippen MR) is 72.6 cm³/mol. The minimum atomic E-state index is -3.47. The first-order valence-electron chi connectivity index (χ1n) is 5.02.